The summed E-state index contributed by atoms with van der Waals surface area (Å²) in [7, 11) is 7.38. The fraction of sp³-hybridized carbons (Fsp3) is 0.111. The number of aromatic carboxylic acids is 3. The minimum absolute atomic E-state index is 0.235. The van der Waals surface area contributed by atoms with E-state index in [0.29, 0.717) is 22.4 Å². The third kappa shape index (κ3) is 24.6. The number of rotatable bonds is 21. The number of hydrogen-bond acceptors (Lipinski definition) is 18. The lowest BCUT2D eigenvalue weighted by Crippen LogP contribution is -2.29. The lowest BCUT2D eigenvalue weighted by Gasteiger charge is -2.28. The predicted molar refractivity (Wildman–Crippen MR) is 518 cm³/mol. The Kier molecular flexibility index (Phi) is 31.0. The summed E-state index contributed by atoms with van der Waals surface area (Å²) in [6.45, 7) is 6.38. The fourth-order valence-corrected chi connectivity index (χ4v) is 14.3. The molecule has 0 unspecified atom stereocenters. The molecule has 0 radical (unpaired) electrons. The quantitative estimate of drug-likeness (QED) is 0.0444. The Morgan fingerprint density at radius 1 is 0.244 bits per heavy atom. The van der Waals surface area contributed by atoms with E-state index in [-0.39, 0.29) is 34.6 Å². The van der Waals surface area contributed by atoms with Crippen LogP contribution in [0.25, 0.3) is 102 Å². The van der Waals surface area contributed by atoms with E-state index in [1.807, 2.05) is 238 Å². The van der Waals surface area contributed by atoms with Crippen LogP contribution in [0.15, 0.2) is 371 Å². The van der Waals surface area contributed by atoms with Gasteiger partial charge in [0, 0.05) is 89.3 Å². The number of aryl methyl sites for hydroxylation is 2. The van der Waals surface area contributed by atoms with Gasteiger partial charge in [0.05, 0.1) is 137 Å². The van der Waals surface area contributed by atoms with Crippen molar-refractivity contribution in [1.82, 2.24) is 58.7 Å². The van der Waals surface area contributed by atoms with Crippen LogP contribution in [-0.4, -0.2) is 158 Å². The molecule has 0 atom stereocenters. The number of aromatic nitrogens is 12. The number of carbonyl (C=O) groups is 6. The summed E-state index contributed by atoms with van der Waals surface area (Å²) in [5.74, 6) is -2.31. The standard InChI is InChI=1S/C22H23N3O2.C18H16N2O3.C18H16N2O2.C17H14N2O3.C17H14N2O2.C16H12N2O2/c1-27-22(26)18-6-5-7-20(16-18)25-15-12-21(23-25)17-8-10-19(11-9-17)24-13-3-2-4-14-24;1-22-16-8-6-13(7-9-16)17-10-11-20(19-17)15-5-3-4-14(12-15)18(21)23-2;1-13-6-8-14(9-7-13)17-10-11-20(19-17)16-5-3-4-15(12-16)18(21)22-2;1-22-15-7-5-12(6-8-15)16-9-10-19(18-16)14-4-2-3-13(11-14)17(20)21;1-12-5-7-13(8-6-12)16-9-10-19(18-16)15-4-2-3-14(11-15)17(20)21;19-16(20)13-7-4-8-14(11-13)18-10-9-15(17-18)12-5-2-1-3-6-12/h5-12,15-16H,2-4,13-14H2,1H3;3-12H,1-2H3;3-12H,1-2H3;2-11H,1H3,(H,20,21);2-11H,1H3,(H,20,21);1-11H,(H,19,20). The van der Waals surface area contributed by atoms with Gasteiger partial charge < -0.3 is 43.9 Å². The minimum Gasteiger partial charge on any atom is -0.497 e. The fourth-order valence-electron chi connectivity index (χ4n) is 14.3. The summed E-state index contributed by atoms with van der Waals surface area (Å²) < 4.78 is 34.8. The van der Waals surface area contributed by atoms with Crippen molar-refractivity contribution in [3.63, 3.8) is 0 Å². The highest BCUT2D eigenvalue weighted by Gasteiger charge is 2.18. The van der Waals surface area contributed by atoms with Gasteiger partial charge in [-0.25, -0.2) is 56.9 Å². The van der Waals surface area contributed by atoms with Gasteiger partial charge in [0.25, 0.3) is 0 Å². The number of esters is 3. The van der Waals surface area contributed by atoms with Crippen LogP contribution in [0.2, 0.25) is 0 Å². The summed E-state index contributed by atoms with van der Waals surface area (Å²) in [6, 6.07) is 103. The molecule has 3 N–H and O–H groups in total. The van der Waals surface area contributed by atoms with E-state index in [2.05, 4.69) is 78.8 Å². The Balaban J connectivity index is 0.000000130. The molecule has 19 rings (SSSR count). The molecule has 27 heteroatoms. The largest absolute Gasteiger partial charge is 0.497 e. The van der Waals surface area contributed by atoms with Crippen molar-refractivity contribution in [3.8, 4) is 113 Å². The summed E-state index contributed by atoms with van der Waals surface area (Å²) >= 11 is 0. The number of hydrogen-bond donors (Lipinski definition) is 3. The number of carboxylic acids is 3. The van der Waals surface area contributed by atoms with Crippen LogP contribution in [0.3, 0.4) is 0 Å². The monoisotopic (exact) mass is 1800 g/mol. The Hall–Kier alpha value is -17.9. The van der Waals surface area contributed by atoms with E-state index >= 15 is 0 Å². The van der Waals surface area contributed by atoms with Crippen molar-refractivity contribution >= 4 is 41.5 Å². The molecule has 6 aromatic heterocycles. The zero-order valence-electron chi connectivity index (χ0n) is 74.9. The Labute approximate surface area is 778 Å². The van der Waals surface area contributed by atoms with Gasteiger partial charge in [-0.3, -0.25) is 0 Å². The molecule has 0 saturated carbocycles. The molecule has 18 aromatic rings. The molecule has 27 nitrogen and oxygen atoms in total. The average molecular weight is 1800 g/mol. The Morgan fingerprint density at radius 3 is 0.719 bits per heavy atom. The van der Waals surface area contributed by atoms with E-state index in [1.54, 1.807) is 146 Å². The lowest BCUT2D eigenvalue weighted by atomic mass is 10.1. The van der Waals surface area contributed by atoms with Crippen LogP contribution >= 0.6 is 0 Å². The predicted octanol–water partition coefficient (Wildman–Crippen LogP) is 21.3. The second-order valence-electron chi connectivity index (χ2n) is 30.7. The Morgan fingerprint density at radius 2 is 0.474 bits per heavy atom. The highest BCUT2D eigenvalue weighted by Crippen LogP contribution is 2.30. The van der Waals surface area contributed by atoms with E-state index in [0.717, 1.165) is 121 Å². The third-order valence-corrected chi connectivity index (χ3v) is 21.6. The van der Waals surface area contributed by atoms with E-state index in [4.69, 9.17) is 39.0 Å². The second-order valence-corrected chi connectivity index (χ2v) is 30.7. The summed E-state index contributed by atoms with van der Waals surface area (Å²) in [4.78, 5) is 70.4. The minimum atomic E-state index is -0.954. The molecule has 0 aliphatic carbocycles. The van der Waals surface area contributed by atoms with Gasteiger partial charge in [0.2, 0.25) is 0 Å². The van der Waals surface area contributed by atoms with Crippen molar-refractivity contribution in [2.24, 2.45) is 0 Å². The molecule has 7 heterocycles. The first-order valence-electron chi connectivity index (χ1n) is 42.9. The molecule has 1 aliphatic rings. The van der Waals surface area contributed by atoms with E-state index < -0.39 is 17.9 Å². The first kappa shape index (κ1) is 93.3. The normalized spacial score (nSPS) is 11.2. The first-order valence-corrected chi connectivity index (χ1v) is 42.9. The molecule has 135 heavy (non-hydrogen) atoms. The highest BCUT2D eigenvalue weighted by atomic mass is 16.5. The number of carboxylic acid groups (broad SMARTS) is 3. The Bertz CT molecular complexity index is 7070. The van der Waals surface area contributed by atoms with Crippen LogP contribution < -0.4 is 14.4 Å². The van der Waals surface area contributed by atoms with E-state index in [1.165, 1.54) is 57.4 Å². The molecule has 1 aliphatic heterocycles. The maximum Gasteiger partial charge on any atom is 0.337 e. The molecule has 12 aromatic carbocycles. The van der Waals surface area contributed by atoms with Gasteiger partial charge in [0.15, 0.2) is 0 Å². The van der Waals surface area contributed by atoms with Gasteiger partial charge in [-0.1, -0.05) is 139 Å². The second kappa shape index (κ2) is 44.9. The SMILES string of the molecule is COC(=O)c1cccc(-n2ccc(-c3ccc(C)cc3)n2)c1.COC(=O)c1cccc(-n2ccc(-c3ccc(N4CCCCC4)cc3)n2)c1.COC(=O)c1cccc(-n2ccc(-c3ccc(OC)cc3)n2)c1.COc1ccc(-c2ccn(-c3cccc(C(=O)O)c3)n2)cc1.Cc1ccc(-c2ccn(-c3cccc(C(=O)O)c3)n2)cc1.O=C(O)c1cccc(-n2ccc(-c3ccccc3)n2)c1. The number of anilines is 1. The maximum absolute atomic E-state index is 11.7. The molecular weight excluding hydrogens is 1700 g/mol. The summed E-state index contributed by atoms with van der Waals surface area (Å²) in [6.07, 6.45) is 15.0. The number of methoxy groups -OCH3 is 5. The van der Waals surface area contributed by atoms with Crippen LogP contribution in [-0.2, 0) is 14.2 Å². The topological polar surface area (TPSA) is 319 Å². The van der Waals surface area contributed by atoms with Gasteiger partial charge in [-0.05, 0) is 239 Å². The highest BCUT2D eigenvalue weighted by molar-refractivity contribution is 5.92. The maximum atomic E-state index is 11.7. The van der Waals surface area contributed by atoms with Crippen molar-refractivity contribution in [1.29, 1.82) is 0 Å². The molecule has 0 bridgehead atoms. The summed E-state index contributed by atoms with van der Waals surface area (Å²) in [5, 5.41) is 54.4. The van der Waals surface area contributed by atoms with Crippen LogP contribution in [0.1, 0.15) is 92.5 Å². The zero-order valence-corrected chi connectivity index (χ0v) is 74.9. The van der Waals surface area contributed by atoms with Crippen molar-refractivity contribution in [2.75, 3.05) is 53.5 Å². The van der Waals surface area contributed by atoms with Crippen molar-refractivity contribution < 1.29 is 67.8 Å². The molecular formula is C108H95N13O14. The molecule has 1 saturated heterocycles. The molecule has 0 spiro atoms. The molecule has 676 valence electrons. The van der Waals surface area contributed by atoms with Crippen molar-refractivity contribution in [2.45, 2.75) is 33.1 Å². The number of benzene rings is 12. The van der Waals surface area contributed by atoms with E-state index in [9.17, 15) is 28.8 Å². The van der Waals surface area contributed by atoms with Gasteiger partial charge >= 0.3 is 35.8 Å². The smallest absolute Gasteiger partial charge is 0.337 e. The van der Waals surface area contributed by atoms with Crippen LogP contribution in [0, 0.1) is 13.8 Å². The van der Waals surface area contributed by atoms with Crippen molar-refractivity contribution in [3.05, 3.63) is 415 Å². The van der Waals surface area contributed by atoms with Gasteiger partial charge in [-0.2, -0.15) is 30.6 Å². The molecule has 0 amide bonds. The third-order valence-electron chi connectivity index (χ3n) is 21.6. The number of ether oxygens (including phenoxy) is 5. The molecule has 1 fully saturated rings. The lowest BCUT2D eigenvalue weighted by molar-refractivity contribution is 0.0592. The first-order chi connectivity index (χ1) is 65.7. The number of carbonyl (C=O) groups excluding carboxylic acids is 3. The number of piperidine rings is 1. The number of nitrogens with zero attached hydrogens (tertiary/aromatic N) is 13. The average Bonchev–Trinajstić information content (AvgIpc) is 1.72. The zero-order chi connectivity index (χ0) is 94.7. The summed E-state index contributed by atoms with van der Waals surface area (Å²) in [5.41, 5.74) is 21.9. The van der Waals surface area contributed by atoms with Crippen LogP contribution in [0.4, 0.5) is 5.69 Å². The van der Waals surface area contributed by atoms with Gasteiger partial charge in [0.1, 0.15) is 11.5 Å². The van der Waals surface area contributed by atoms with Gasteiger partial charge in [-0.15, -0.1) is 0 Å². The van der Waals surface area contributed by atoms with Crippen LogP contribution in [0.5, 0.6) is 11.5 Å².